The number of hydrogen-bond acceptors (Lipinski definition) is 4. The van der Waals surface area contributed by atoms with Crippen molar-refractivity contribution in [3.63, 3.8) is 0 Å². The molecule has 1 aromatic heterocycles. The van der Waals surface area contributed by atoms with E-state index in [9.17, 15) is 0 Å². The van der Waals surface area contributed by atoms with Gasteiger partial charge in [0.2, 0.25) is 0 Å². The minimum Gasteiger partial charge on any atom is -0.306 e. The van der Waals surface area contributed by atoms with Gasteiger partial charge in [0.25, 0.3) is 0 Å². The molecule has 2 atom stereocenters. The Morgan fingerprint density at radius 3 is 3.19 bits per heavy atom. The van der Waals surface area contributed by atoms with Gasteiger partial charge in [-0.15, -0.1) is 11.3 Å². The summed E-state index contributed by atoms with van der Waals surface area (Å²) in [5, 5.41) is 4.92. The second-order valence-corrected chi connectivity index (χ2v) is 7.12. The van der Waals surface area contributed by atoms with Crippen molar-refractivity contribution in [2.24, 2.45) is 5.92 Å². The molecule has 1 aliphatic heterocycles. The number of nitrogens with one attached hydrogen (secondary N) is 1. The van der Waals surface area contributed by atoms with Crippen LogP contribution in [0, 0.1) is 5.92 Å². The van der Waals surface area contributed by atoms with Crippen molar-refractivity contribution in [2.75, 3.05) is 18.1 Å². The third-order valence-corrected chi connectivity index (χ3v) is 5.72. The summed E-state index contributed by atoms with van der Waals surface area (Å²) in [6.45, 7) is 3.49. The molecule has 0 spiro atoms. The van der Waals surface area contributed by atoms with Crippen LogP contribution in [0.25, 0.3) is 0 Å². The zero-order valence-corrected chi connectivity index (χ0v) is 11.3. The molecule has 0 radical (unpaired) electrons. The highest BCUT2D eigenvalue weighted by atomic mass is 32.2. The lowest BCUT2D eigenvalue weighted by Gasteiger charge is -2.20. The highest BCUT2D eigenvalue weighted by Crippen LogP contribution is 2.33. The maximum Gasteiger partial charge on any atom is 0.111 e. The molecule has 2 unspecified atom stereocenters. The van der Waals surface area contributed by atoms with Crippen LogP contribution >= 0.6 is 23.1 Å². The first-order chi connectivity index (χ1) is 7.83. The number of rotatable bonds is 1. The van der Waals surface area contributed by atoms with Crippen molar-refractivity contribution >= 4 is 23.1 Å². The van der Waals surface area contributed by atoms with Crippen LogP contribution in [0.2, 0.25) is 0 Å². The molecule has 88 valence electrons. The van der Waals surface area contributed by atoms with Crippen LogP contribution < -0.4 is 5.32 Å². The highest BCUT2D eigenvalue weighted by molar-refractivity contribution is 7.99. The fourth-order valence-corrected chi connectivity index (χ4v) is 4.83. The zero-order chi connectivity index (χ0) is 11.0. The third-order valence-electron chi connectivity index (χ3n) is 3.42. The van der Waals surface area contributed by atoms with E-state index in [-0.39, 0.29) is 0 Å². The Morgan fingerprint density at radius 2 is 2.38 bits per heavy atom. The van der Waals surface area contributed by atoms with Crippen molar-refractivity contribution in [3.8, 4) is 0 Å². The number of aryl methyl sites for hydroxylation is 1. The van der Waals surface area contributed by atoms with Gasteiger partial charge in [0.1, 0.15) is 5.01 Å². The maximum absolute atomic E-state index is 4.85. The topological polar surface area (TPSA) is 24.9 Å². The van der Waals surface area contributed by atoms with Gasteiger partial charge in [0, 0.05) is 22.9 Å². The molecule has 1 N–H and O–H groups in total. The van der Waals surface area contributed by atoms with E-state index in [2.05, 4.69) is 12.2 Å². The van der Waals surface area contributed by atoms with E-state index in [1.807, 2.05) is 23.1 Å². The van der Waals surface area contributed by atoms with Crippen LogP contribution in [-0.2, 0) is 12.8 Å². The van der Waals surface area contributed by atoms with Gasteiger partial charge < -0.3 is 5.32 Å². The van der Waals surface area contributed by atoms with Crippen LogP contribution in [-0.4, -0.2) is 23.0 Å². The lowest BCUT2D eigenvalue weighted by molar-refractivity contribution is 0.500. The van der Waals surface area contributed by atoms with Gasteiger partial charge in [-0.3, -0.25) is 0 Å². The highest BCUT2D eigenvalue weighted by Gasteiger charge is 2.24. The Bertz CT molecular complexity index is 369. The number of fused-ring (bicyclic) bond motifs is 1. The fourth-order valence-electron chi connectivity index (χ4n) is 2.43. The van der Waals surface area contributed by atoms with Gasteiger partial charge in [0.15, 0.2) is 0 Å². The summed E-state index contributed by atoms with van der Waals surface area (Å²) in [6, 6.07) is 0.518. The lowest BCUT2D eigenvalue weighted by Crippen LogP contribution is -2.30. The van der Waals surface area contributed by atoms with Crippen molar-refractivity contribution in [2.45, 2.75) is 32.2 Å². The van der Waals surface area contributed by atoms with Crippen molar-refractivity contribution in [1.82, 2.24) is 10.3 Å². The van der Waals surface area contributed by atoms with Crippen molar-refractivity contribution in [1.29, 1.82) is 0 Å². The van der Waals surface area contributed by atoms with Gasteiger partial charge in [-0.2, -0.15) is 11.8 Å². The summed E-state index contributed by atoms with van der Waals surface area (Å²) in [7, 11) is 0. The molecule has 0 aromatic carbocycles. The van der Waals surface area contributed by atoms with E-state index >= 15 is 0 Å². The van der Waals surface area contributed by atoms with Crippen LogP contribution in [0.3, 0.4) is 0 Å². The third kappa shape index (κ3) is 2.15. The average Bonchev–Trinajstić information content (AvgIpc) is 2.73. The number of thiazole rings is 1. The van der Waals surface area contributed by atoms with Crippen molar-refractivity contribution in [3.05, 3.63) is 15.6 Å². The van der Waals surface area contributed by atoms with E-state index in [1.54, 1.807) is 4.88 Å². The Kier molecular flexibility index (Phi) is 3.22. The zero-order valence-electron chi connectivity index (χ0n) is 9.66. The second-order valence-electron chi connectivity index (χ2n) is 4.85. The summed E-state index contributed by atoms with van der Waals surface area (Å²) >= 11 is 4.01. The molecule has 4 heteroatoms. The van der Waals surface area contributed by atoms with E-state index in [4.69, 9.17) is 4.98 Å². The Balaban J connectivity index is 1.80. The first-order valence-corrected chi connectivity index (χ1v) is 8.09. The summed E-state index contributed by atoms with van der Waals surface area (Å²) in [5.41, 5.74) is 1.40. The van der Waals surface area contributed by atoms with E-state index in [1.165, 1.54) is 41.5 Å². The largest absolute Gasteiger partial charge is 0.306 e. The molecule has 2 aliphatic rings. The molecule has 1 aromatic rings. The molecule has 1 aliphatic carbocycles. The smallest absolute Gasteiger partial charge is 0.111 e. The SMILES string of the molecule is CC1CCc2nc(C3CSCCN3)sc2C1. The van der Waals surface area contributed by atoms with Gasteiger partial charge in [-0.05, 0) is 25.2 Å². The lowest BCUT2D eigenvalue weighted by atomic mass is 9.93. The normalized spacial score (nSPS) is 30.1. The molecular formula is C12H18N2S2. The molecule has 2 nitrogen and oxygen atoms in total. The Labute approximate surface area is 105 Å². The molecule has 2 heterocycles. The molecule has 1 fully saturated rings. The van der Waals surface area contributed by atoms with E-state index in [0.29, 0.717) is 6.04 Å². The molecule has 0 amide bonds. The van der Waals surface area contributed by atoms with Crippen LogP contribution in [0.15, 0.2) is 0 Å². The van der Waals surface area contributed by atoms with Gasteiger partial charge in [-0.1, -0.05) is 6.92 Å². The van der Waals surface area contributed by atoms with Crippen LogP contribution in [0.1, 0.15) is 35.0 Å². The summed E-state index contributed by atoms with van der Waals surface area (Å²) < 4.78 is 0. The van der Waals surface area contributed by atoms with E-state index in [0.717, 1.165) is 12.5 Å². The molecular weight excluding hydrogens is 236 g/mol. The second kappa shape index (κ2) is 4.67. The predicted octanol–water partition coefficient (Wildman–Crippen LogP) is 2.65. The van der Waals surface area contributed by atoms with E-state index < -0.39 is 0 Å². The first-order valence-electron chi connectivity index (χ1n) is 6.12. The quantitative estimate of drug-likeness (QED) is 0.834. The molecule has 3 rings (SSSR count). The molecule has 16 heavy (non-hydrogen) atoms. The summed E-state index contributed by atoms with van der Waals surface area (Å²) in [6.07, 6.45) is 3.78. The summed E-state index contributed by atoms with van der Waals surface area (Å²) in [4.78, 5) is 6.41. The summed E-state index contributed by atoms with van der Waals surface area (Å²) in [5.74, 6) is 3.30. The van der Waals surface area contributed by atoms with Gasteiger partial charge >= 0.3 is 0 Å². The van der Waals surface area contributed by atoms with Crippen molar-refractivity contribution < 1.29 is 0 Å². The predicted molar refractivity (Wildman–Crippen MR) is 71.4 cm³/mol. The maximum atomic E-state index is 4.85. The molecule has 1 saturated heterocycles. The first kappa shape index (κ1) is 11.1. The van der Waals surface area contributed by atoms with Gasteiger partial charge in [-0.25, -0.2) is 4.98 Å². The number of nitrogens with zero attached hydrogens (tertiary/aromatic N) is 1. The van der Waals surface area contributed by atoms with Gasteiger partial charge in [0.05, 0.1) is 11.7 Å². The minimum atomic E-state index is 0.518. The number of thioether (sulfide) groups is 1. The number of aromatic nitrogens is 1. The molecule has 0 saturated carbocycles. The molecule has 0 bridgehead atoms. The van der Waals surface area contributed by atoms with Crippen LogP contribution in [0.4, 0.5) is 0 Å². The standard InChI is InChI=1S/C12H18N2S2/c1-8-2-3-9-11(6-8)16-12(14-9)10-7-15-5-4-13-10/h8,10,13H,2-7H2,1H3. The minimum absolute atomic E-state index is 0.518. The van der Waals surface area contributed by atoms with Crippen LogP contribution in [0.5, 0.6) is 0 Å². The average molecular weight is 254 g/mol. The number of hydrogen-bond donors (Lipinski definition) is 1. The Morgan fingerprint density at radius 1 is 1.44 bits per heavy atom. The fraction of sp³-hybridized carbons (Fsp3) is 0.750. The Hall–Kier alpha value is -0.0600. The monoisotopic (exact) mass is 254 g/mol.